The SMILES string of the molecule is Nc1cc(S(=O)(=O)N(CCO)C2CCCC2)ccc1Cl. The van der Waals surface area contributed by atoms with E-state index in [9.17, 15) is 8.42 Å². The van der Waals surface area contributed by atoms with Crippen LogP contribution in [0, 0.1) is 0 Å². The zero-order chi connectivity index (χ0) is 14.8. The molecule has 0 aromatic heterocycles. The molecule has 0 spiro atoms. The fraction of sp³-hybridized carbons (Fsp3) is 0.538. The quantitative estimate of drug-likeness (QED) is 0.811. The number of aliphatic hydroxyl groups excluding tert-OH is 1. The predicted molar refractivity (Wildman–Crippen MR) is 79.1 cm³/mol. The highest BCUT2D eigenvalue weighted by molar-refractivity contribution is 7.89. The van der Waals surface area contributed by atoms with Gasteiger partial charge in [0.25, 0.3) is 0 Å². The molecule has 1 aromatic carbocycles. The van der Waals surface area contributed by atoms with Crippen molar-refractivity contribution in [3.8, 4) is 0 Å². The first-order chi connectivity index (χ1) is 9.46. The Labute approximate surface area is 124 Å². The molecular weight excluding hydrogens is 300 g/mol. The topological polar surface area (TPSA) is 83.6 Å². The van der Waals surface area contributed by atoms with Gasteiger partial charge in [-0.25, -0.2) is 8.42 Å². The number of nitrogens with zero attached hydrogens (tertiary/aromatic N) is 1. The van der Waals surface area contributed by atoms with Gasteiger partial charge >= 0.3 is 0 Å². The van der Waals surface area contributed by atoms with Crippen molar-refractivity contribution in [3.63, 3.8) is 0 Å². The Morgan fingerprint density at radius 1 is 1.35 bits per heavy atom. The van der Waals surface area contributed by atoms with Crippen molar-refractivity contribution in [2.24, 2.45) is 0 Å². The van der Waals surface area contributed by atoms with Gasteiger partial charge in [0, 0.05) is 12.6 Å². The fourth-order valence-corrected chi connectivity index (χ4v) is 4.44. The Hall–Kier alpha value is -0.820. The molecule has 1 fully saturated rings. The maximum absolute atomic E-state index is 12.7. The molecule has 1 aromatic rings. The minimum absolute atomic E-state index is 0.0379. The first-order valence-corrected chi connectivity index (χ1v) is 8.46. The summed E-state index contributed by atoms with van der Waals surface area (Å²) in [6, 6.07) is 4.27. The zero-order valence-corrected chi connectivity index (χ0v) is 12.7. The average molecular weight is 319 g/mol. The van der Waals surface area contributed by atoms with Crippen molar-refractivity contribution in [2.75, 3.05) is 18.9 Å². The van der Waals surface area contributed by atoms with Crippen molar-refractivity contribution in [1.82, 2.24) is 4.31 Å². The van der Waals surface area contributed by atoms with E-state index in [1.54, 1.807) is 0 Å². The van der Waals surface area contributed by atoms with Crippen LogP contribution in [-0.2, 0) is 10.0 Å². The molecule has 1 saturated carbocycles. The number of anilines is 1. The molecule has 3 N–H and O–H groups in total. The molecule has 0 saturated heterocycles. The molecule has 0 heterocycles. The number of rotatable bonds is 5. The first-order valence-electron chi connectivity index (χ1n) is 6.64. The third kappa shape index (κ3) is 3.09. The minimum atomic E-state index is -3.65. The van der Waals surface area contributed by atoms with Crippen LogP contribution in [0.4, 0.5) is 5.69 Å². The van der Waals surface area contributed by atoms with Gasteiger partial charge in [-0.3, -0.25) is 0 Å². The molecule has 20 heavy (non-hydrogen) atoms. The summed E-state index contributed by atoms with van der Waals surface area (Å²) in [5.41, 5.74) is 5.92. The van der Waals surface area contributed by atoms with Crippen LogP contribution in [0.25, 0.3) is 0 Å². The lowest BCUT2D eigenvalue weighted by atomic mass is 10.2. The van der Waals surface area contributed by atoms with E-state index in [-0.39, 0.29) is 29.8 Å². The second kappa shape index (κ2) is 6.30. The Balaban J connectivity index is 2.36. The number of aliphatic hydroxyl groups is 1. The lowest BCUT2D eigenvalue weighted by Crippen LogP contribution is -2.40. The van der Waals surface area contributed by atoms with E-state index in [4.69, 9.17) is 22.4 Å². The summed E-state index contributed by atoms with van der Waals surface area (Å²) in [6.45, 7) is -0.0890. The van der Waals surface area contributed by atoms with Crippen LogP contribution in [0.2, 0.25) is 5.02 Å². The molecule has 0 unspecified atom stereocenters. The highest BCUT2D eigenvalue weighted by Gasteiger charge is 2.32. The van der Waals surface area contributed by atoms with Crippen LogP contribution in [0.1, 0.15) is 25.7 Å². The van der Waals surface area contributed by atoms with Crippen molar-refractivity contribution < 1.29 is 13.5 Å². The highest BCUT2D eigenvalue weighted by atomic mass is 35.5. The standard InChI is InChI=1S/C13H19ClN2O3S/c14-12-6-5-11(9-13(12)15)20(18,19)16(7-8-17)10-3-1-2-4-10/h5-6,9-10,17H,1-4,7-8,15H2. The number of nitrogen functional groups attached to an aromatic ring is 1. The lowest BCUT2D eigenvalue weighted by Gasteiger charge is -2.27. The Kier molecular flexibility index (Phi) is 4.90. The van der Waals surface area contributed by atoms with Gasteiger partial charge in [-0.15, -0.1) is 0 Å². The average Bonchev–Trinajstić information content (AvgIpc) is 2.92. The molecule has 0 bridgehead atoms. The predicted octanol–water partition coefficient (Wildman–Crippen LogP) is 1.85. The summed E-state index contributed by atoms with van der Waals surface area (Å²) in [4.78, 5) is 0.125. The highest BCUT2D eigenvalue weighted by Crippen LogP contribution is 2.30. The summed E-state index contributed by atoms with van der Waals surface area (Å²) >= 11 is 5.83. The van der Waals surface area contributed by atoms with Crippen molar-refractivity contribution >= 4 is 27.3 Å². The molecule has 0 atom stereocenters. The van der Waals surface area contributed by atoms with Crippen LogP contribution in [0.3, 0.4) is 0 Å². The molecular formula is C13H19ClN2O3S. The van der Waals surface area contributed by atoms with Crippen molar-refractivity contribution in [2.45, 2.75) is 36.6 Å². The summed E-state index contributed by atoms with van der Waals surface area (Å²) < 4.78 is 26.8. The van der Waals surface area contributed by atoms with E-state index < -0.39 is 10.0 Å². The Morgan fingerprint density at radius 2 is 2.00 bits per heavy atom. The Morgan fingerprint density at radius 3 is 2.55 bits per heavy atom. The number of halogens is 1. The molecule has 0 radical (unpaired) electrons. The van der Waals surface area contributed by atoms with Gasteiger partial charge in [0.05, 0.1) is 22.2 Å². The Bertz CT molecular complexity index is 571. The molecule has 2 rings (SSSR count). The molecule has 112 valence electrons. The number of hydrogen-bond acceptors (Lipinski definition) is 4. The van der Waals surface area contributed by atoms with Crippen LogP contribution >= 0.6 is 11.6 Å². The monoisotopic (exact) mass is 318 g/mol. The molecule has 0 aliphatic heterocycles. The van der Waals surface area contributed by atoms with Gasteiger partial charge in [0.1, 0.15) is 0 Å². The van der Waals surface area contributed by atoms with Crippen LogP contribution in [-0.4, -0.2) is 37.0 Å². The summed E-state index contributed by atoms with van der Waals surface area (Å²) in [5, 5.41) is 9.49. The third-order valence-corrected chi connectivity index (χ3v) is 5.92. The third-order valence-electron chi connectivity index (χ3n) is 3.63. The smallest absolute Gasteiger partial charge is 0.243 e. The number of sulfonamides is 1. The van der Waals surface area contributed by atoms with Gasteiger partial charge < -0.3 is 10.8 Å². The maximum Gasteiger partial charge on any atom is 0.243 e. The molecule has 0 amide bonds. The first kappa shape index (κ1) is 15.6. The lowest BCUT2D eigenvalue weighted by molar-refractivity contribution is 0.226. The zero-order valence-electron chi connectivity index (χ0n) is 11.1. The van der Waals surface area contributed by atoms with Gasteiger partial charge in [0.15, 0.2) is 0 Å². The van der Waals surface area contributed by atoms with Gasteiger partial charge in [-0.2, -0.15) is 4.31 Å². The molecule has 1 aliphatic carbocycles. The van der Waals surface area contributed by atoms with Crippen LogP contribution in [0.15, 0.2) is 23.1 Å². The molecule has 7 heteroatoms. The van der Waals surface area contributed by atoms with Crippen LogP contribution in [0.5, 0.6) is 0 Å². The van der Waals surface area contributed by atoms with Gasteiger partial charge in [-0.05, 0) is 31.0 Å². The van der Waals surface area contributed by atoms with Crippen molar-refractivity contribution in [3.05, 3.63) is 23.2 Å². The fourth-order valence-electron chi connectivity index (χ4n) is 2.61. The van der Waals surface area contributed by atoms with Crippen LogP contribution < -0.4 is 5.73 Å². The number of hydrogen-bond donors (Lipinski definition) is 2. The second-order valence-corrected chi connectivity index (χ2v) is 7.26. The summed E-state index contributed by atoms with van der Waals surface area (Å²) in [7, 11) is -3.65. The molecule has 5 nitrogen and oxygen atoms in total. The number of nitrogens with two attached hydrogens (primary N) is 1. The van der Waals surface area contributed by atoms with E-state index in [1.165, 1.54) is 22.5 Å². The van der Waals surface area contributed by atoms with Gasteiger partial charge in [-0.1, -0.05) is 24.4 Å². The largest absolute Gasteiger partial charge is 0.397 e. The minimum Gasteiger partial charge on any atom is -0.397 e. The van der Waals surface area contributed by atoms with Crippen molar-refractivity contribution in [1.29, 1.82) is 0 Å². The van der Waals surface area contributed by atoms with E-state index in [2.05, 4.69) is 0 Å². The van der Waals surface area contributed by atoms with Gasteiger partial charge in [0.2, 0.25) is 10.0 Å². The number of benzene rings is 1. The maximum atomic E-state index is 12.7. The van der Waals surface area contributed by atoms with E-state index in [1.807, 2.05) is 0 Å². The molecule has 1 aliphatic rings. The van der Waals surface area contributed by atoms with E-state index in [0.717, 1.165) is 25.7 Å². The summed E-state index contributed by atoms with van der Waals surface area (Å²) in [5.74, 6) is 0. The second-order valence-electron chi connectivity index (χ2n) is 4.96. The normalized spacial score (nSPS) is 16.9. The van der Waals surface area contributed by atoms with E-state index >= 15 is 0 Å². The van der Waals surface area contributed by atoms with E-state index in [0.29, 0.717) is 5.02 Å². The summed E-state index contributed by atoms with van der Waals surface area (Å²) in [6.07, 6.45) is 3.71.